The Bertz CT molecular complexity index is 20.5. The zero-order valence-electron chi connectivity index (χ0n) is 6.88. The summed E-state index contributed by atoms with van der Waals surface area (Å²) in [5.74, 6) is 0. The first kappa shape index (κ1) is 60.7. The van der Waals surface area contributed by atoms with E-state index in [1.165, 1.54) is 0 Å². The Morgan fingerprint density at radius 2 is 0.692 bits per heavy atom. The van der Waals surface area contributed by atoms with E-state index in [1.807, 2.05) is 13.8 Å². The maximum Gasteiger partial charge on any atom is 0 e. The fraction of sp³-hybridized carbons (Fsp3) is 0.714. The minimum atomic E-state index is 0. The molecule has 0 aliphatic carbocycles. The molecule has 0 N–H and O–H groups in total. The van der Waals surface area contributed by atoms with Crippen molar-refractivity contribution in [3.63, 3.8) is 0 Å². The van der Waals surface area contributed by atoms with E-state index in [-0.39, 0.29) is 201 Å². The molecule has 0 aliphatic heterocycles. The Kier molecular flexibility index (Phi) is 368. The van der Waals surface area contributed by atoms with Crippen LogP contribution in [0, 0.1) is 165 Å². The number of hydrogen-bond acceptors (Lipinski definition) is 0. The van der Waals surface area contributed by atoms with Gasteiger partial charge in [0.05, 0.1) is 0 Å². The normalized spacial score (nSPS) is 2.77. The van der Waals surface area contributed by atoms with E-state index in [1.54, 1.807) is 0 Å². The molecule has 0 bridgehead atoms. The third kappa shape index (κ3) is 121. The van der Waals surface area contributed by atoms with Gasteiger partial charge in [0.2, 0.25) is 0 Å². The smallest absolute Gasteiger partial charge is 0 e. The van der Waals surface area contributed by atoms with E-state index in [4.69, 9.17) is 0 Å². The molecule has 0 aromatic heterocycles. The van der Waals surface area contributed by atoms with Crippen molar-refractivity contribution in [1.29, 1.82) is 0 Å². The molecule has 0 nitrogen and oxygen atoms in total. The van der Waals surface area contributed by atoms with Crippen molar-refractivity contribution >= 4 is 0 Å². The summed E-state index contributed by atoms with van der Waals surface area (Å²) < 4.78 is 0. The van der Waals surface area contributed by atoms with Crippen LogP contribution in [0.1, 0.15) is 34.1 Å². The molecule has 0 saturated carbocycles. The van der Waals surface area contributed by atoms with E-state index in [9.17, 15) is 0 Å². The van der Waals surface area contributed by atoms with Gasteiger partial charge in [-0.15, -0.1) is 0 Å². The second-order valence-electron chi connectivity index (χ2n) is 1.000. The minimum absolute atomic E-state index is 0. The molecule has 0 spiro atoms. The van der Waals surface area contributed by atoms with Crippen LogP contribution in [0.2, 0.25) is 0 Å². The van der Waals surface area contributed by atoms with Crippen LogP contribution in [0.4, 0.5) is 0 Å². The molecule has 0 aromatic rings. The van der Waals surface area contributed by atoms with Gasteiger partial charge in [0, 0.05) is 193 Å². The number of hydrogen-bond donors (Lipinski definition) is 0. The molecule has 0 saturated heterocycles. The monoisotopic (exact) mass is 652 g/mol. The molecular formula is C7H18Ar4Pt2-2. The maximum atomic E-state index is 3.49. The van der Waals surface area contributed by atoms with Crippen molar-refractivity contribution in [3.8, 4) is 0 Å². The van der Waals surface area contributed by atoms with Crippen molar-refractivity contribution in [2.24, 2.45) is 0 Å². The van der Waals surface area contributed by atoms with E-state index >= 15 is 0 Å². The zero-order chi connectivity index (χ0) is 5.41. The first-order valence-corrected chi connectivity index (χ1v) is 2.41. The van der Waals surface area contributed by atoms with Crippen molar-refractivity contribution < 1.29 is 193 Å². The molecule has 0 heterocycles. The first-order chi connectivity index (χ1) is 2.83. The Balaban J connectivity index is -0.00000000229. The van der Waals surface area contributed by atoms with Gasteiger partial charge in [-0.05, 0) is 0 Å². The van der Waals surface area contributed by atoms with Crippen LogP contribution in [0.5, 0.6) is 0 Å². The molecule has 0 unspecified atom stereocenters. The van der Waals surface area contributed by atoms with Gasteiger partial charge in [0.1, 0.15) is 0 Å². The molecule has 13 heavy (non-hydrogen) atoms. The summed E-state index contributed by atoms with van der Waals surface area (Å²) in [6.07, 6.45) is 2.00. The summed E-state index contributed by atoms with van der Waals surface area (Å²) in [4.78, 5) is 0. The van der Waals surface area contributed by atoms with E-state index < -0.39 is 0 Å². The number of rotatable bonds is 0. The average molecular weight is 652 g/mol. The maximum absolute atomic E-state index is 3.49. The summed E-state index contributed by atoms with van der Waals surface area (Å²) in [5.41, 5.74) is 0. The topological polar surface area (TPSA) is 0 Å². The SMILES string of the molecule is C.[Ar].[Ar].[Ar].[Ar].[CH2-]CC.[CH2-]CC.[Pt].[Pt]. The van der Waals surface area contributed by atoms with Gasteiger partial charge in [-0.1, -0.05) is 21.3 Å². The summed E-state index contributed by atoms with van der Waals surface area (Å²) >= 11 is 0. The Labute approximate surface area is 234 Å². The molecular weight excluding hydrogens is 634 g/mol. The fourth-order valence-electron chi connectivity index (χ4n) is 0. The van der Waals surface area contributed by atoms with Crippen LogP contribution in [0.15, 0.2) is 0 Å². The van der Waals surface area contributed by atoms with Crippen LogP contribution in [0.25, 0.3) is 0 Å². The molecule has 0 fully saturated rings. The zero-order valence-corrected chi connectivity index (χ0v) is 14.2. The quantitative estimate of drug-likeness (QED) is 0.354. The van der Waals surface area contributed by atoms with Crippen molar-refractivity contribution in [3.05, 3.63) is 13.8 Å². The minimum Gasteiger partial charge on any atom is -0.344 e. The van der Waals surface area contributed by atoms with Crippen LogP contribution in [0.3, 0.4) is 0 Å². The predicted octanol–water partition coefficient (Wildman–Crippen LogP) is 3.09. The fourth-order valence-corrected chi connectivity index (χ4v) is 0. The summed E-state index contributed by atoms with van der Waals surface area (Å²) in [7, 11) is 0. The Morgan fingerprint density at radius 3 is 0.692 bits per heavy atom. The second-order valence-corrected chi connectivity index (χ2v) is 1.000. The molecule has 0 rings (SSSR count). The molecule has 0 aliphatic rings. The summed E-state index contributed by atoms with van der Waals surface area (Å²) in [6.45, 7) is 11.0. The Morgan fingerprint density at radius 1 is 0.692 bits per heavy atom. The van der Waals surface area contributed by atoms with Crippen LogP contribution in [-0.2, 0) is 42.1 Å². The van der Waals surface area contributed by atoms with E-state index in [2.05, 4.69) is 13.8 Å². The van der Waals surface area contributed by atoms with Gasteiger partial charge < -0.3 is 13.8 Å². The average Bonchev–Trinajstić information content (AvgIpc) is 1.39. The predicted molar refractivity (Wildman–Crippen MR) is 38.0 cm³/mol. The molecule has 0 atom stereocenters. The van der Waals surface area contributed by atoms with Gasteiger partial charge in [0.25, 0.3) is 0 Å². The van der Waals surface area contributed by atoms with Crippen LogP contribution in [-0.4, -0.2) is 0 Å². The van der Waals surface area contributed by atoms with Gasteiger partial charge in [-0.25, -0.2) is 0 Å². The van der Waals surface area contributed by atoms with Crippen LogP contribution < -0.4 is 0 Å². The van der Waals surface area contributed by atoms with E-state index in [0.717, 1.165) is 12.8 Å². The Hall–Kier alpha value is 6.42. The summed E-state index contributed by atoms with van der Waals surface area (Å²) in [6, 6.07) is 0. The van der Waals surface area contributed by atoms with Gasteiger partial charge in [-0.3, -0.25) is 0 Å². The molecule has 0 aromatic carbocycles. The molecule has 0 radical (unpaired) electrons. The van der Waals surface area contributed by atoms with Gasteiger partial charge in [-0.2, -0.15) is 12.8 Å². The van der Waals surface area contributed by atoms with Crippen molar-refractivity contribution in [2.75, 3.05) is 0 Å². The van der Waals surface area contributed by atoms with Crippen LogP contribution >= 0.6 is 0 Å². The van der Waals surface area contributed by atoms with Gasteiger partial charge in [0.15, 0.2) is 0 Å². The standard InChI is InChI=1S/2C3H7.CH4.4Ar.2Pt/c2*1-3-2;;;;;;;/h2*1,3H2,2H3;1H4;;;;;;/q2*-1;;;;;;;. The third-order valence-corrected chi connectivity index (χ3v) is 0. The molecule has 0 amide bonds. The first-order valence-electron chi connectivity index (χ1n) is 2.41. The third-order valence-electron chi connectivity index (χ3n) is 0. The molecule has 100 valence electrons. The summed E-state index contributed by atoms with van der Waals surface area (Å²) in [5, 5.41) is 0. The van der Waals surface area contributed by atoms with E-state index in [0.29, 0.717) is 0 Å². The van der Waals surface area contributed by atoms with Gasteiger partial charge >= 0.3 is 0 Å². The molecule has 6 heteroatoms. The van der Waals surface area contributed by atoms with Crippen molar-refractivity contribution in [1.82, 2.24) is 0 Å². The second kappa shape index (κ2) is 78.9. The van der Waals surface area contributed by atoms with Crippen molar-refractivity contribution in [2.45, 2.75) is 34.1 Å². The largest absolute Gasteiger partial charge is 0.344 e.